The van der Waals surface area contributed by atoms with E-state index in [0.717, 1.165) is 17.3 Å². The van der Waals surface area contributed by atoms with Crippen molar-refractivity contribution in [1.82, 2.24) is 0 Å². The molecule has 1 fully saturated rings. The molecule has 0 spiro atoms. The fraction of sp³-hybridized carbons (Fsp3) is 0.158. The first-order chi connectivity index (χ1) is 13.1. The Bertz CT molecular complexity index is 899. The topological polar surface area (TPSA) is 91.6 Å². The molecule has 1 atom stereocenters. The lowest BCUT2D eigenvalue weighted by atomic mass is 10.2. The smallest absolute Gasteiger partial charge is 0.305 e. The summed E-state index contributed by atoms with van der Waals surface area (Å²) in [5.74, 6) is -0.650. The first kappa shape index (κ1) is 18.7. The maximum Gasteiger partial charge on any atom is 0.305 e. The van der Waals surface area contributed by atoms with Gasteiger partial charge in [-0.25, -0.2) is 0 Å². The molecule has 1 heterocycles. The molecule has 1 amide bonds. The van der Waals surface area contributed by atoms with Crippen LogP contribution in [0.2, 0.25) is 0 Å². The van der Waals surface area contributed by atoms with Crippen LogP contribution >= 0.6 is 11.8 Å². The maximum absolute atomic E-state index is 12.7. The van der Waals surface area contributed by atoms with E-state index >= 15 is 0 Å². The third kappa shape index (κ3) is 4.53. The van der Waals surface area contributed by atoms with Gasteiger partial charge in [0, 0.05) is 0 Å². The van der Waals surface area contributed by atoms with Gasteiger partial charge in [-0.15, -0.1) is 5.10 Å². The van der Waals surface area contributed by atoms with Gasteiger partial charge in [0.2, 0.25) is 5.91 Å². The summed E-state index contributed by atoms with van der Waals surface area (Å²) >= 11 is 1.10. The fourth-order valence-electron chi connectivity index (χ4n) is 2.51. The van der Waals surface area contributed by atoms with E-state index < -0.39 is 11.2 Å². The van der Waals surface area contributed by atoms with Gasteiger partial charge in [0.15, 0.2) is 5.17 Å². The van der Waals surface area contributed by atoms with Gasteiger partial charge in [-0.2, -0.15) is 5.10 Å². The molecule has 7 nitrogen and oxygen atoms in total. The Morgan fingerprint density at radius 2 is 2.04 bits per heavy atom. The SMILES string of the molecule is COc1cccc(/C=N/N=C2\SC(CC(=O)O)C(=O)N2c2ccccc2)c1. The molecule has 3 rings (SSSR count). The second-order valence-electron chi connectivity index (χ2n) is 5.62. The predicted molar refractivity (Wildman–Crippen MR) is 106 cm³/mol. The van der Waals surface area contributed by atoms with Gasteiger partial charge in [-0.05, 0) is 29.8 Å². The van der Waals surface area contributed by atoms with E-state index in [4.69, 9.17) is 9.84 Å². The first-order valence-electron chi connectivity index (χ1n) is 8.11. The maximum atomic E-state index is 12.7. The van der Waals surface area contributed by atoms with Crippen molar-refractivity contribution < 1.29 is 19.4 Å². The van der Waals surface area contributed by atoms with Crippen LogP contribution in [0.25, 0.3) is 0 Å². The van der Waals surface area contributed by atoms with E-state index in [9.17, 15) is 9.59 Å². The molecule has 1 N–H and O–H groups in total. The third-order valence-electron chi connectivity index (χ3n) is 3.75. The number of nitrogens with zero attached hydrogens (tertiary/aromatic N) is 3. The zero-order valence-corrected chi connectivity index (χ0v) is 15.3. The molecule has 1 unspecified atom stereocenters. The van der Waals surface area contributed by atoms with Crippen molar-refractivity contribution in [2.75, 3.05) is 12.0 Å². The van der Waals surface area contributed by atoms with Crippen LogP contribution < -0.4 is 9.64 Å². The molecule has 27 heavy (non-hydrogen) atoms. The molecule has 2 aromatic rings. The molecule has 1 saturated heterocycles. The van der Waals surface area contributed by atoms with Crippen molar-refractivity contribution in [3.05, 3.63) is 60.2 Å². The zero-order valence-electron chi connectivity index (χ0n) is 14.5. The van der Waals surface area contributed by atoms with Crippen molar-refractivity contribution in [1.29, 1.82) is 0 Å². The standard InChI is InChI=1S/C19H17N3O4S/c1-26-15-9-5-6-13(10-15)12-20-21-19-22(14-7-3-2-4-8-14)18(25)16(27-19)11-17(23)24/h2-10,12,16H,11H2,1H3,(H,23,24)/b20-12+,21-19-. The van der Waals surface area contributed by atoms with Crippen LogP contribution in [0.5, 0.6) is 5.75 Å². The summed E-state index contributed by atoms with van der Waals surface area (Å²) in [6.07, 6.45) is 1.28. The molecule has 138 valence electrons. The largest absolute Gasteiger partial charge is 0.497 e. The molecular formula is C19H17N3O4S. The molecule has 0 aromatic heterocycles. The van der Waals surface area contributed by atoms with E-state index in [2.05, 4.69) is 10.2 Å². The number of amides is 1. The van der Waals surface area contributed by atoms with E-state index in [1.807, 2.05) is 24.3 Å². The Hall–Kier alpha value is -3.13. The van der Waals surface area contributed by atoms with Crippen LogP contribution in [0.3, 0.4) is 0 Å². The van der Waals surface area contributed by atoms with Gasteiger partial charge in [-0.3, -0.25) is 14.5 Å². The highest BCUT2D eigenvalue weighted by molar-refractivity contribution is 8.16. The van der Waals surface area contributed by atoms with E-state index in [1.54, 1.807) is 43.7 Å². The number of anilines is 1. The number of hydrogen-bond donors (Lipinski definition) is 1. The van der Waals surface area contributed by atoms with Crippen molar-refractivity contribution in [3.63, 3.8) is 0 Å². The normalized spacial score (nSPS) is 18.4. The van der Waals surface area contributed by atoms with Crippen LogP contribution in [0, 0.1) is 0 Å². The number of rotatable bonds is 6. The highest BCUT2D eigenvalue weighted by Gasteiger charge is 2.40. The predicted octanol–water partition coefficient (Wildman–Crippen LogP) is 3.01. The average molecular weight is 383 g/mol. The van der Waals surface area contributed by atoms with Gasteiger partial charge in [0.1, 0.15) is 11.0 Å². The molecule has 1 aliphatic heterocycles. The Morgan fingerprint density at radius 1 is 1.26 bits per heavy atom. The van der Waals surface area contributed by atoms with Crippen molar-refractivity contribution in [2.24, 2.45) is 10.2 Å². The third-order valence-corrected chi connectivity index (χ3v) is 4.88. The van der Waals surface area contributed by atoms with Crippen LogP contribution in [0.4, 0.5) is 5.69 Å². The van der Waals surface area contributed by atoms with Crippen LogP contribution in [-0.2, 0) is 9.59 Å². The van der Waals surface area contributed by atoms with Crippen LogP contribution in [0.1, 0.15) is 12.0 Å². The van der Waals surface area contributed by atoms with Crippen LogP contribution in [-0.4, -0.2) is 40.7 Å². The number of ether oxygens (including phenoxy) is 1. The minimum absolute atomic E-state index is 0.272. The number of aliphatic carboxylic acids is 1. The first-order valence-corrected chi connectivity index (χ1v) is 8.99. The lowest BCUT2D eigenvalue weighted by Gasteiger charge is -2.15. The van der Waals surface area contributed by atoms with Crippen molar-refractivity contribution in [3.8, 4) is 5.75 Å². The number of methoxy groups -OCH3 is 1. The Morgan fingerprint density at radius 3 is 2.74 bits per heavy atom. The number of amidine groups is 1. The van der Waals surface area contributed by atoms with Crippen molar-refractivity contribution >= 4 is 40.7 Å². The second-order valence-corrected chi connectivity index (χ2v) is 6.79. The number of para-hydroxylation sites is 1. The lowest BCUT2D eigenvalue weighted by molar-refractivity contribution is -0.138. The lowest BCUT2D eigenvalue weighted by Crippen LogP contribution is -2.32. The summed E-state index contributed by atoms with van der Waals surface area (Å²) in [7, 11) is 1.58. The molecule has 8 heteroatoms. The van der Waals surface area contributed by atoms with E-state index in [-0.39, 0.29) is 12.3 Å². The Kier molecular flexibility index (Phi) is 5.87. The molecule has 0 radical (unpaired) electrons. The monoisotopic (exact) mass is 383 g/mol. The minimum Gasteiger partial charge on any atom is -0.497 e. The molecule has 0 bridgehead atoms. The van der Waals surface area contributed by atoms with Gasteiger partial charge < -0.3 is 9.84 Å². The number of hydrogen-bond acceptors (Lipinski definition) is 6. The molecule has 2 aromatic carbocycles. The van der Waals surface area contributed by atoms with Gasteiger partial charge >= 0.3 is 5.97 Å². The summed E-state index contributed by atoms with van der Waals surface area (Å²) in [4.78, 5) is 25.1. The average Bonchev–Trinajstić information content (AvgIpc) is 2.97. The summed E-state index contributed by atoms with van der Waals surface area (Å²) in [6, 6.07) is 16.3. The molecule has 0 aliphatic carbocycles. The van der Waals surface area contributed by atoms with E-state index in [1.165, 1.54) is 4.90 Å². The van der Waals surface area contributed by atoms with Gasteiger partial charge in [0.05, 0.1) is 25.4 Å². The fourth-order valence-corrected chi connectivity index (χ4v) is 3.59. The number of thioether (sulfide) groups is 1. The molecule has 1 aliphatic rings. The number of carbonyl (C=O) groups excluding carboxylic acids is 1. The number of carboxylic acid groups (broad SMARTS) is 1. The summed E-state index contributed by atoms with van der Waals surface area (Å²) in [5, 5.41) is 16.9. The number of carbonyl (C=O) groups is 2. The zero-order chi connectivity index (χ0) is 19.2. The number of benzene rings is 2. The van der Waals surface area contributed by atoms with Gasteiger partial charge in [-0.1, -0.05) is 42.1 Å². The highest BCUT2D eigenvalue weighted by atomic mass is 32.2. The Balaban J connectivity index is 1.87. The molecule has 0 saturated carbocycles. The summed E-state index contributed by atoms with van der Waals surface area (Å²) < 4.78 is 5.16. The van der Waals surface area contributed by atoms with Gasteiger partial charge in [0.25, 0.3) is 0 Å². The molecular weight excluding hydrogens is 366 g/mol. The summed E-state index contributed by atoms with van der Waals surface area (Å²) in [6.45, 7) is 0. The number of carboxylic acids is 1. The highest BCUT2D eigenvalue weighted by Crippen LogP contribution is 2.33. The quantitative estimate of drug-likeness (QED) is 0.612. The summed E-state index contributed by atoms with van der Waals surface area (Å²) in [5.41, 5.74) is 1.42. The second kappa shape index (κ2) is 8.50. The van der Waals surface area contributed by atoms with E-state index in [0.29, 0.717) is 16.6 Å². The minimum atomic E-state index is -1.03. The van der Waals surface area contributed by atoms with Crippen LogP contribution in [0.15, 0.2) is 64.8 Å². The van der Waals surface area contributed by atoms with Crippen molar-refractivity contribution in [2.45, 2.75) is 11.7 Å². The Labute approximate surface area is 160 Å².